The SMILES string of the molecule is NC(=O)c1ncn2c(C(=O)NC3CCC(C(=O)O)CC3)cc(-c3ccco3)nc12. The number of hydrogen-bond acceptors (Lipinski definition) is 6. The number of carbonyl (C=O) groups is 3. The van der Waals surface area contributed by atoms with E-state index in [4.69, 9.17) is 15.3 Å². The average Bonchev–Trinajstić information content (AvgIpc) is 3.37. The smallest absolute Gasteiger partial charge is 0.306 e. The maximum absolute atomic E-state index is 13.0. The van der Waals surface area contributed by atoms with Crippen LogP contribution >= 0.6 is 0 Å². The Morgan fingerprint density at radius 3 is 2.62 bits per heavy atom. The van der Waals surface area contributed by atoms with E-state index in [0.717, 1.165) is 0 Å². The van der Waals surface area contributed by atoms with Crippen molar-refractivity contribution < 1.29 is 23.9 Å². The number of nitrogens with two attached hydrogens (primary N) is 1. The summed E-state index contributed by atoms with van der Waals surface area (Å²) in [5.74, 6) is -1.87. The Morgan fingerprint density at radius 2 is 2.00 bits per heavy atom. The van der Waals surface area contributed by atoms with Gasteiger partial charge in [0.05, 0.1) is 12.2 Å². The number of fused-ring (bicyclic) bond motifs is 1. The van der Waals surface area contributed by atoms with Gasteiger partial charge in [-0.3, -0.25) is 18.8 Å². The van der Waals surface area contributed by atoms with Gasteiger partial charge in [-0.15, -0.1) is 0 Å². The fraction of sp³-hybridized carbons (Fsp3) is 0.316. The van der Waals surface area contributed by atoms with Crippen LogP contribution in [0.2, 0.25) is 0 Å². The van der Waals surface area contributed by atoms with Gasteiger partial charge in [-0.1, -0.05) is 0 Å². The molecule has 29 heavy (non-hydrogen) atoms. The molecule has 0 radical (unpaired) electrons. The first kappa shape index (κ1) is 18.7. The normalized spacial score (nSPS) is 19.2. The molecular weight excluding hydrogens is 378 g/mol. The number of nitrogens with zero attached hydrogens (tertiary/aromatic N) is 3. The molecule has 3 aromatic rings. The molecule has 150 valence electrons. The van der Waals surface area contributed by atoms with Crippen molar-refractivity contribution in [3.8, 4) is 11.5 Å². The molecule has 3 aromatic heterocycles. The molecule has 1 aliphatic carbocycles. The molecule has 0 unspecified atom stereocenters. The topological polar surface area (TPSA) is 153 Å². The molecule has 10 heteroatoms. The van der Waals surface area contributed by atoms with Gasteiger partial charge in [0, 0.05) is 6.04 Å². The van der Waals surface area contributed by atoms with Crippen molar-refractivity contribution in [2.45, 2.75) is 31.7 Å². The molecule has 0 aromatic carbocycles. The highest BCUT2D eigenvalue weighted by atomic mass is 16.4. The predicted molar refractivity (Wildman–Crippen MR) is 100 cm³/mol. The summed E-state index contributed by atoms with van der Waals surface area (Å²) >= 11 is 0. The first-order chi connectivity index (χ1) is 13.9. The molecule has 2 amide bonds. The van der Waals surface area contributed by atoms with E-state index in [1.807, 2.05) is 0 Å². The van der Waals surface area contributed by atoms with Gasteiger partial charge < -0.3 is 20.6 Å². The molecule has 0 spiro atoms. The number of aliphatic carboxylic acids is 1. The van der Waals surface area contributed by atoms with Crippen LogP contribution < -0.4 is 11.1 Å². The molecule has 0 saturated heterocycles. The Morgan fingerprint density at radius 1 is 1.24 bits per heavy atom. The zero-order chi connectivity index (χ0) is 20.5. The van der Waals surface area contributed by atoms with Crippen molar-refractivity contribution in [1.82, 2.24) is 19.7 Å². The van der Waals surface area contributed by atoms with Crippen molar-refractivity contribution in [2.24, 2.45) is 11.7 Å². The molecule has 4 rings (SSSR count). The number of amides is 2. The van der Waals surface area contributed by atoms with Crippen molar-refractivity contribution in [3.05, 3.63) is 42.2 Å². The number of imidazole rings is 1. The number of primary amides is 1. The zero-order valence-corrected chi connectivity index (χ0v) is 15.4. The minimum absolute atomic E-state index is 0.0468. The van der Waals surface area contributed by atoms with Gasteiger partial charge in [0.25, 0.3) is 11.8 Å². The van der Waals surface area contributed by atoms with Crippen LogP contribution in [0.15, 0.2) is 35.2 Å². The van der Waals surface area contributed by atoms with E-state index in [2.05, 4.69) is 15.3 Å². The van der Waals surface area contributed by atoms with Gasteiger partial charge in [0.2, 0.25) is 0 Å². The number of carboxylic acid groups (broad SMARTS) is 1. The monoisotopic (exact) mass is 397 g/mol. The van der Waals surface area contributed by atoms with E-state index < -0.39 is 11.9 Å². The van der Waals surface area contributed by atoms with E-state index in [1.165, 1.54) is 17.0 Å². The van der Waals surface area contributed by atoms with Gasteiger partial charge in [-0.25, -0.2) is 9.97 Å². The predicted octanol–water partition coefficient (Wildman–Crippen LogP) is 1.46. The van der Waals surface area contributed by atoms with Crippen molar-refractivity contribution >= 4 is 23.4 Å². The van der Waals surface area contributed by atoms with Crippen LogP contribution in [-0.4, -0.2) is 43.3 Å². The number of rotatable bonds is 5. The summed E-state index contributed by atoms with van der Waals surface area (Å²) in [6.45, 7) is 0. The molecular formula is C19H19N5O5. The molecule has 1 fully saturated rings. The first-order valence-electron chi connectivity index (χ1n) is 9.19. The molecule has 10 nitrogen and oxygen atoms in total. The van der Waals surface area contributed by atoms with Gasteiger partial charge in [0.15, 0.2) is 17.1 Å². The molecule has 0 atom stereocenters. The zero-order valence-electron chi connectivity index (χ0n) is 15.4. The van der Waals surface area contributed by atoms with Crippen molar-refractivity contribution in [2.75, 3.05) is 0 Å². The number of aromatic nitrogens is 3. The van der Waals surface area contributed by atoms with E-state index >= 15 is 0 Å². The highest BCUT2D eigenvalue weighted by Gasteiger charge is 2.28. The Labute approximate surface area is 164 Å². The van der Waals surface area contributed by atoms with Crippen LogP contribution in [-0.2, 0) is 4.79 Å². The second kappa shape index (κ2) is 7.38. The van der Waals surface area contributed by atoms with E-state index in [9.17, 15) is 14.4 Å². The maximum Gasteiger partial charge on any atom is 0.306 e. The van der Waals surface area contributed by atoms with Gasteiger partial charge in [0.1, 0.15) is 17.7 Å². The number of nitrogens with one attached hydrogen (secondary N) is 1. The molecule has 0 aliphatic heterocycles. The van der Waals surface area contributed by atoms with Crippen LogP contribution in [0.3, 0.4) is 0 Å². The summed E-state index contributed by atoms with van der Waals surface area (Å²) < 4.78 is 6.78. The Hall–Kier alpha value is -3.69. The van der Waals surface area contributed by atoms with E-state index in [0.29, 0.717) is 37.1 Å². The van der Waals surface area contributed by atoms with Crippen molar-refractivity contribution in [3.63, 3.8) is 0 Å². The fourth-order valence-corrected chi connectivity index (χ4v) is 3.61. The highest BCUT2D eigenvalue weighted by Crippen LogP contribution is 2.26. The molecule has 1 aliphatic rings. The Kier molecular flexibility index (Phi) is 4.75. The van der Waals surface area contributed by atoms with Crippen LogP contribution in [0, 0.1) is 5.92 Å². The lowest BCUT2D eigenvalue weighted by atomic mass is 9.86. The number of hydrogen-bond donors (Lipinski definition) is 3. The molecule has 1 saturated carbocycles. The first-order valence-corrected chi connectivity index (χ1v) is 9.19. The summed E-state index contributed by atoms with van der Waals surface area (Å²) in [6.07, 6.45) is 5.00. The third kappa shape index (κ3) is 3.56. The minimum atomic E-state index is -0.800. The number of furan rings is 1. The molecule has 4 N–H and O–H groups in total. The van der Waals surface area contributed by atoms with E-state index in [-0.39, 0.29) is 34.9 Å². The standard InChI is InChI=1S/C19H19N5O5/c20-16(25)15-17-23-12(14-2-1-7-29-14)8-13(24(17)9-21-15)18(26)22-11-5-3-10(4-6-11)19(27)28/h1-2,7-11H,3-6H2,(H2,20,25)(H,22,26)(H,27,28). The summed E-state index contributed by atoms with van der Waals surface area (Å²) in [6, 6.07) is 4.80. The third-order valence-electron chi connectivity index (χ3n) is 5.15. The second-order valence-electron chi connectivity index (χ2n) is 7.02. The highest BCUT2D eigenvalue weighted by molar-refractivity contribution is 5.99. The number of carbonyl (C=O) groups excluding carboxylic acids is 2. The summed E-state index contributed by atoms with van der Waals surface area (Å²) in [5, 5.41) is 12.1. The molecule has 0 bridgehead atoms. The summed E-state index contributed by atoms with van der Waals surface area (Å²) in [5.41, 5.74) is 6.08. The second-order valence-corrected chi connectivity index (χ2v) is 7.02. The quantitative estimate of drug-likeness (QED) is 0.589. The average molecular weight is 397 g/mol. The largest absolute Gasteiger partial charge is 0.481 e. The minimum Gasteiger partial charge on any atom is -0.481 e. The summed E-state index contributed by atoms with van der Waals surface area (Å²) in [7, 11) is 0. The molecule has 3 heterocycles. The van der Waals surface area contributed by atoms with E-state index in [1.54, 1.807) is 18.2 Å². The third-order valence-corrected chi connectivity index (χ3v) is 5.15. The fourth-order valence-electron chi connectivity index (χ4n) is 3.61. The Bertz CT molecular complexity index is 1080. The van der Waals surface area contributed by atoms with Crippen LogP contribution in [0.25, 0.3) is 17.1 Å². The lowest BCUT2D eigenvalue weighted by Gasteiger charge is -2.26. The van der Waals surface area contributed by atoms with Crippen molar-refractivity contribution in [1.29, 1.82) is 0 Å². The number of carboxylic acids is 1. The van der Waals surface area contributed by atoms with Crippen LogP contribution in [0.1, 0.15) is 46.7 Å². The van der Waals surface area contributed by atoms with Gasteiger partial charge in [-0.05, 0) is 43.9 Å². The lowest BCUT2D eigenvalue weighted by Crippen LogP contribution is -2.39. The summed E-state index contributed by atoms with van der Waals surface area (Å²) in [4.78, 5) is 44.2. The van der Waals surface area contributed by atoms with Gasteiger partial charge in [-0.2, -0.15) is 0 Å². The lowest BCUT2D eigenvalue weighted by molar-refractivity contribution is -0.142. The van der Waals surface area contributed by atoms with Gasteiger partial charge >= 0.3 is 5.97 Å². The van der Waals surface area contributed by atoms with Crippen LogP contribution in [0.5, 0.6) is 0 Å². The Balaban J connectivity index is 1.66. The van der Waals surface area contributed by atoms with Crippen LogP contribution in [0.4, 0.5) is 0 Å². The maximum atomic E-state index is 13.0.